The fraction of sp³-hybridized carbons (Fsp3) is 0.755. The van der Waals surface area contributed by atoms with Crippen LogP contribution in [0, 0.1) is 41.4 Å². The molecule has 4 amide bonds. The smallest absolute Gasteiger partial charge is 0.328 e. The Bertz CT molecular complexity index is 1590. The summed E-state index contributed by atoms with van der Waals surface area (Å²) in [4.78, 5) is 88.6. The molecule has 0 radical (unpaired) electrons. The van der Waals surface area contributed by atoms with Crippen LogP contribution in [-0.2, 0) is 49.4 Å². The molecule has 1 aliphatic heterocycles. The molecule has 0 aliphatic carbocycles. The molecular weight excluding hydrogens is 789 g/mol. The molecular formula is C49H82N4O9. The molecule has 1 saturated heterocycles. The van der Waals surface area contributed by atoms with Gasteiger partial charge in [-0.2, -0.15) is 0 Å². The topological polar surface area (TPSA) is 152 Å². The number of nitrogens with one attached hydrogen (secondary N) is 1. The van der Waals surface area contributed by atoms with Crippen LogP contribution in [0.15, 0.2) is 30.3 Å². The lowest BCUT2D eigenvalue weighted by molar-refractivity contribution is -0.150. The number of likely N-dealkylation sites (tertiary alicyclic amines) is 1. The predicted molar refractivity (Wildman–Crippen MR) is 243 cm³/mol. The van der Waals surface area contributed by atoms with Crippen molar-refractivity contribution >= 4 is 35.4 Å². The molecule has 13 nitrogen and oxygen atoms in total. The van der Waals surface area contributed by atoms with E-state index in [-0.39, 0.29) is 78.3 Å². The average Bonchev–Trinajstić information content (AvgIpc) is 3.74. The van der Waals surface area contributed by atoms with Gasteiger partial charge >= 0.3 is 5.97 Å². The van der Waals surface area contributed by atoms with Crippen LogP contribution in [0.25, 0.3) is 0 Å². The second-order valence-corrected chi connectivity index (χ2v) is 18.4. The van der Waals surface area contributed by atoms with Gasteiger partial charge in [0, 0.05) is 59.5 Å². The molecule has 0 aromatic heterocycles. The van der Waals surface area contributed by atoms with Crippen LogP contribution in [0.2, 0.25) is 0 Å². The molecule has 11 atom stereocenters. The standard InChI is InChI=1S/C49H82N4O9/c1-16-32(8)36(18-3)47(57)51(11)43(31(6)7)40(54)28-37(30(4)5)48(58)52(12)44(33(9)17-2)41(60-13)29-42(55)53-26-22-25-39(53)45(61-14)34(10)46(56)50-38(49(59)62-15)27-35-23-20-19-21-24-35/h19-21,23-24,30-34,36-39,41,43-45H,16-18,22,25-29H2,1-15H3,(H,50,56)/t32-,33-,34+,36-,37-,38-,39-,41+,43-,44-,45+/m0/s1. The number of hydrogen-bond acceptors (Lipinski definition) is 9. The van der Waals surface area contributed by atoms with Gasteiger partial charge in [0.15, 0.2) is 5.78 Å². The summed E-state index contributed by atoms with van der Waals surface area (Å²) in [5, 5.41) is 2.87. The highest BCUT2D eigenvalue weighted by Gasteiger charge is 2.44. The number of hydrogen-bond donors (Lipinski definition) is 1. The summed E-state index contributed by atoms with van der Waals surface area (Å²) < 4.78 is 17.1. The Morgan fingerprint density at radius 3 is 1.85 bits per heavy atom. The summed E-state index contributed by atoms with van der Waals surface area (Å²) in [7, 11) is 7.82. The minimum absolute atomic E-state index is 0.0134. The maximum atomic E-state index is 14.6. The summed E-state index contributed by atoms with van der Waals surface area (Å²) in [5.41, 5.74) is 0.869. The zero-order chi connectivity index (χ0) is 47.0. The number of Topliss-reactive ketones (excluding diaryl/α,β-unsaturated/α-hetero) is 1. The van der Waals surface area contributed by atoms with Crippen molar-refractivity contribution in [1.29, 1.82) is 0 Å². The minimum Gasteiger partial charge on any atom is -0.467 e. The Balaban J connectivity index is 2.33. The van der Waals surface area contributed by atoms with E-state index in [1.807, 2.05) is 78.8 Å². The van der Waals surface area contributed by atoms with Crippen molar-refractivity contribution in [3.05, 3.63) is 35.9 Å². The Morgan fingerprint density at radius 1 is 0.758 bits per heavy atom. The fourth-order valence-electron chi connectivity index (χ4n) is 9.54. The fourth-order valence-corrected chi connectivity index (χ4v) is 9.54. The molecule has 1 aromatic carbocycles. The van der Waals surface area contributed by atoms with Crippen LogP contribution >= 0.6 is 0 Å². The zero-order valence-electron chi connectivity index (χ0n) is 40.8. The number of amides is 4. The highest BCUT2D eigenvalue weighted by atomic mass is 16.5. The van der Waals surface area contributed by atoms with Gasteiger partial charge in [-0.3, -0.25) is 24.0 Å². The number of esters is 1. The Kier molecular flexibility index (Phi) is 22.8. The largest absolute Gasteiger partial charge is 0.467 e. The summed E-state index contributed by atoms with van der Waals surface area (Å²) in [6, 6.07) is 6.90. The van der Waals surface area contributed by atoms with Gasteiger partial charge in [-0.15, -0.1) is 0 Å². The third kappa shape index (κ3) is 14.1. The van der Waals surface area contributed by atoms with Crippen LogP contribution in [0.4, 0.5) is 0 Å². The van der Waals surface area contributed by atoms with E-state index in [4.69, 9.17) is 14.2 Å². The van der Waals surface area contributed by atoms with Crippen molar-refractivity contribution in [3.63, 3.8) is 0 Å². The van der Waals surface area contributed by atoms with Crippen molar-refractivity contribution < 1.29 is 43.0 Å². The van der Waals surface area contributed by atoms with Crippen LogP contribution in [0.3, 0.4) is 0 Å². The molecule has 13 heteroatoms. The molecule has 1 fully saturated rings. The number of carbonyl (C=O) groups excluding carboxylic acids is 6. The SMILES string of the molecule is CC[C@H](C(=O)N(C)[C@H](C(=O)C[C@H](C(=O)N(C)[C@@H]([C@@H](C)CC)[C@@H](CC(=O)N1CCC[C@H]1[C@H](OC)[C@@H](C)C(=O)N[C@@H](Cc1ccccc1)C(=O)OC)OC)C(C)C)C(C)C)[C@@H](C)CC. The van der Waals surface area contributed by atoms with Crippen LogP contribution in [-0.4, -0.2) is 128 Å². The van der Waals surface area contributed by atoms with Gasteiger partial charge in [0.2, 0.25) is 23.6 Å². The molecule has 1 aliphatic rings. The monoisotopic (exact) mass is 871 g/mol. The number of benzene rings is 1. The Hall–Kier alpha value is -3.84. The van der Waals surface area contributed by atoms with Crippen molar-refractivity contribution in [2.24, 2.45) is 41.4 Å². The van der Waals surface area contributed by atoms with Crippen molar-refractivity contribution in [2.45, 2.75) is 157 Å². The van der Waals surface area contributed by atoms with E-state index in [1.54, 1.807) is 42.8 Å². The highest BCUT2D eigenvalue weighted by Crippen LogP contribution is 2.32. The second-order valence-electron chi connectivity index (χ2n) is 18.4. The van der Waals surface area contributed by atoms with E-state index < -0.39 is 54.2 Å². The number of nitrogens with zero attached hydrogens (tertiary/aromatic N) is 3. The normalized spacial score (nSPS) is 19.0. The highest BCUT2D eigenvalue weighted by molar-refractivity contribution is 5.93. The molecule has 352 valence electrons. The minimum atomic E-state index is -0.903. The third-order valence-corrected chi connectivity index (χ3v) is 13.7. The maximum Gasteiger partial charge on any atom is 0.328 e. The third-order valence-electron chi connectivity index (χ3n) is 13.7. The number of carbonyl (C=O) groups is 6. The number of ether oxygens (including phenoxy) is 3. The van der Waals surface area contributed by atoms with E-state index in [0.29, 0.717) is 32.2 Å². The number of ketones is 1. The van der Waals surface area contributed by atoms with Gasteiger partial charge in [-0.25, -0.2) is 4.79 Å². The molecule has 0 unspecified atom stereocenters. The molecule has 1 heterocycles. The first-order valence-electron chi connectivity index (χ1n) is 23.1. The van der Waals surface area contributed by atoms with Gasteiger partial charge in [0.05, 0.1) is 49.8 Å². The summed E-state index contributed by atoms with van der Waals surface area (Å²) in [6.07, 6.45) is 2.49. The Labute approximate surface area is 373 Å². The lowest BCUT2D eigenvalue weighted by Crippen LogP contribution is -2.55. The van der Waals surface area contributed by atoms with Crippen molar-refractivity contribution in [2.75, 3.05) is 42.0 Å². The van der Waals surface area contributed by atoms with Crippen LogP contribution in [0.1, 0.15) is 120 Å². The first kappa shape index (κ1) is 54.3. The van der Waals surface area contributed by atoms with Gasteiger partial charge in [0.1, 0.15) is 6.04 Å². The molecule has 1 N–H and O–H groups in total. The summed E-state index contributed by atoms with van der Waals surface area (Å²) in [6.45, 7) is 20.2. The molecule has 1 aromatic rings. The van der Waals surface area contributed by atoms with Gasteiger partial charge in [-0.1, -0.05) is 112 Å². The van der Waals surface area contributed by atoms with E-state index in [2.05, 4.69) is 19.2 Å². The second kappa shape index (κ2) is 26.1. The van der Waals surface area contributed by atoms with E-state index in [1.165, 1.54) is 14.2 Å². The zero-order valence-corrected chi connectivity index (χ0v) is 40.8. The van der Waals surface area contributed by atoms with E-state index in [0.717, 1.165) is 12.0 Å². The quantitative estimate of drug-likeness (QED) is 0.102. The molecule has 0 bridgehead atoms. The predicted octanol–water partition coefficient (Wildman–Crippen LogP) is 6.59. The van der Waals surface area contributed by atoms with Gasteiger partial charge in [-0.05, 0) is 48.5 Å². The maximum absolute atomic E-state index is 14.6. The number of methoxy groups -OCH3 is 3. The lowest BCUT2D eigenvalue weighted by atomic mass is 9.82. The first-order valence-corrected chi connectivity index (χ1v) is 23.1. The molecule has 62 heavy (non-hydrogen) atoms. The Morgan fingerprint density at radius 2 is 1.35 bits per heavy atom. The average molecular weight is 871 g/mol. The van der Waals surface area contributed by atoms with E-state index in [9.17, 15) is 28.8 Å². The van der Waals surface area contributed by atoms with E-state index >= 15 is 0 Å². The number of rotatable bonds is 26. The summed E-state index contributed by atoms with van der Waals surface area (Å²) >= 11 is 0. The molecule has 2 rings (SSSR count). The first-order chi connectivity index (χ1) is 29.3. The van der Waals surface area contributed by atoms with Gasteiger partial charge in [0.25, 0.3) is 0 Å². The van der Waals surface area contributed by atoms with Crippen LogP contribution < -0.4 is 5.32 Å². The van der Waals surface area contributed by atoms with Gasteiger partial charge < -0.3 is 34.2 Å². The molecule has 0 saturated carbocycles. The molecule has 0 spiro atoms. The van der Waals surface area contributed by atoms with Crippen molar-refractivity contribution in [1.82, 2.24) is 20.0 Å². The van der Waals surface area contributed by atoms with Crippen molar-refractivity contribution in [3.8, 4) is 0 Å². The number of likely N-dealkylation sites (N-methyl/N-ethyl adjacent to an activating group) is 2. The summed E-state index contributed by atoms with van der Waals surface area (Å²) in [5.74, 6) is -3.26. The lowest BCUT2D eigenvalue weighted by Gasteiger charge is -2.41. The van der Waals surface area contributed by atoms with Crippen LogP contribution in [0.5, 0.6) is 0 Å².